The summed E-state index contributed by atoms with van der Waals surface area (Å²) in [7, 11) is -4.14. The molecule has 2 aromatic carbocycles. The van der Waals surface area contributed by atoms with Gasteiger partial charge in [-0.1, -0.05) is 24.3 Å². The predicted molar refractivity (Wildman–Crippen MR) is 115 cm³/mol. The average molecular weight is 454 g/mol. The largest absolute Gasteiger partial charge is 0.493 e. The van der Waals surface area contributed by atoms with Crippen molar-refractivity contribution in [2.24, 2.45) is 5.10 Å². The van der Waals surface area contributed by atoms with Gasteiger partial charge < -0.3 is 9.47 Å². The summed E-state index contributed by atoms with van der Waals surface area (Å²) in [6.07, 6.45) is 2.42. The van der Waals surface area contributed by atoms with Crippen LogP contribution in [-0.2, 0) is 20.0 Å². The molecule has 0 aliphatic carbocycles. The maximum absolute atomic E-state index is 12.5. The normalized spacial score (nSPS) is 16.9. The van der Waals surface area contributed by atoms with Crippen LogP contribution in [0.1, 0.15) is 23.6 Å². The molecule has 1 aliphatic rings. The first-order valence-corrected chi connectivity index (χ1v) is 12.6. The molecule has 2 aromatic rings. The average Bonchev–Trinajstić information content (AvgIpc) is 3.12. The highest BCUT2D eigenvalue weighted by atomic mass is 32.2. The molecule has 9 nitrogen and oxygen atoms in total. The Morgan fingerprint density at radius 1 is 1.03 bits per heavy atom. The molecule has 1 heterocycles. The van der Waals surface area contributed by atoms with E-state index < -0.39 is 26.1 Å². The van der Waals surface area contributed by atoms with Crippen LogP contribution in [0.5, 0.6) is 11.5 Å². The van der Waals surface area contributed by atoms with Gasteiger partial charge in [-0.2, -0.15) is 9.52 Å². The van der Waals surface area contributed by atoms with Gasteiger partial charge in [0.25, 0.3) is 0 Å². The van der Waals surface area contributed by atoms with E-state index in [1.54, 1.807) is 42.5 Å². The number of ether oxygens (including phenoxy) is 2. The molecule has 0 aromatic heterocycles. The topological polar surface area (TPSA) is 114 Å². The van der Waals surface area contributed by atoms with E-state index in [0.29, 0.717) is 34.0 Å². The molecule has 162 valence electrons. The third-order valence-electron chi connectivity index (χ3n) is 4.50. The van der Waals surface area contributed by atoms with Crippen LogP contribution in [-0.4, -0.2) is 53.7 Å². The van der Waals surface area contributed by atoms with Crippen molar-refractivity contribution in [1.82, 2.24) is 4.41 Å². The van der Waals surface area contributed by atoms with E-state index in [0.717, 1.165) is 16.9 Å². The number of hydrazone groups is 1. The lowest BCUT2D eigenvalue weighted by Crippen LogP contribution is -2.26. The fraction of sp³-hybridized carbons (Fsp3) is 0.316. The summed E-state index contributed by atoms with van der Waals surface area (Å²) in [5, 5.41) is 4.34. The van der Waals surface area contributed by atoms with Crippen molar-refractivity contribution in [3.63, 3.8) is 0 Å². The van der Waals surface area contributed by atoms with Crippen molar-refractivity contribution in [1.29, 1.82) is 0 Å². The lowest BCUT2D eigenvalue weighted by molar-refractivity contribution is 0.329. The fourth-order valence-corrected chi connectivity index (χ4v) is 4.80. The summed E-state index contributed by atoms with van der Waals surface area (Å²) < 4.78 is 62.3. The standard InChI is InChI=1S/C19H23N3O6S2/c1-27-18-10-6-9-15(19(18)28-2)17-12-16(20-22(17)30(4,25)26)13-7-5-8-14(11-13)21-29(3,23)24/h5-11,17,21H,12H2,1-4H3. The second-order valence-corrected chi connectivity index (χ2v) is 10.4. The summed E-state index contributed by atoms with van der Waals surface area (Å²) in [6, 6.07) is 11.3. The SMILES string of the molecule is COc1cccc(C2CC(c3cccc(NS(C)(=O)=O)c3)=NN2S(C)(=O)=O)c1OC. The molecule has 1 aliphatic heterocycles. The lowest BCUT2D eigenvalue weighted by Gasteiger charge is -2.23. The third kappa shape index (κ3) is 4.68. The Balaban J connectivity index is 2.05. The minimum absolute atomic E-state index is 0.277. The number of nitrogens with zero attached hydrogens (tertiary/aromatic N) is 2. The first-order valence-electron chi connectivity index (χ1n) is 8.89. The van der Waals surface area contributed by atoms with Gasteiger partial charge in [0.05, 0.1) is 38.5 Å². The lowest BCUT2D eigenvalue weighted by atomic mass is 9.98. The summed E-state index contributed by atoms with van der Waals surface area (Å²) >= 11 is 0. The van der Waals surface area contributed by atoms with Crippen molar-refractivity contribution < 1.29 is 26.3 Å². The Bertz CT molecular complexity index is 1190. The molecular weight excluding hydrogens is 430 g/mol. The molecule has 3 rings (SSSR count). The van der Waals surface area contributed by atoms with Crippen LogP contribution in [0, 0.1) is 0 Å². The number of sulfonamides is 2. The van der Waals surface area contributed by atoms with E-state index in [-0.39, 0.29) is 6.42 Å². The van der Waals surface area contributed by atoms with E-state index in [2.05, 4.69) is 9.82 Å². The van der Waals surface area contributed by atoms with Gasteiger partial charge in [-0.25, -0.2) is 16.8 Å². The Labute approximate surface area is 176 Å². The van der Waals surface area contributed by atoms with Crippen LogP contribution in [0.4, 0.5) is 5.69 Å². The number of hydrogen-bond acceptors (Lipinski definition) is 7. The Morgan fingerprint density at radius 2 is 1.73 bits per heavy atom. The van der Waals surface area contributed by atoms with E-state index in [9.17, 15) is 16.8 Å². The molecule has 1 N–H and O–H groups in total. The molecule has 11 heteroatoms. The van der Waals surface area contributed by atoms with E-state index >= 15 is 0 Å². The maximum atomic E-state index is 12.5. The van der Waals surface area contributed by atoms with Crippen molar-refractivity contribution in [2.75, 3.05) is 31.5 Å². The smallest absolute Gasteiger partial charge is 0.247 e. The van der Waals surface area contributed by atoms with E-state index in [4.69, 9.17) is 9.47 Å². The maximum Gasteiger partial charge on any atom is 0.247 e. The first-order chi connectivity index (χ1) is 14.0. The highest BCUT2D eigenvalue weighted by molar-refractivity contribution is 7.92. The molecule has 0 radical (unpaired) electrons. The van der Waals surface area contributed by atoms with Gasteiger partial charge in [0.2, 0.25) is 20.0 Å². The second-order valence-electron chi connectivity index (χ2n) is 6.84. The van der Waals surface area contributed by atoms with Gasteiger partial charge >= 0.3 is 0 Å². The molecule has 0 bridgehead atoms. The number of hydrogen-bond donors (Lipinski definition) is 1. The van der Waals surface area contributed by atoms with Gasteiger partial charge in [0.15, 0.2) is 11.5 Å². The predicted octanol–water partition coefficient (Wildman–Crippen LogP) is 2.19. The van der Waals surface area contributed by atoms with Crippen LogP contribution in [0.2, 0.25) is 0 Å². The Morgan fingerprint density at radius 3 is 2.33 bits per heavy atom. The second kappa shape index (κ2) is 8.15. The molecule has 0 fully saturated rings. The summed E-state index contributed by atoms with van der Waals surface area (Å²) in [5.41, 5.74) is 2.10. The van der Waals surface area contributed by atoms with Crippen molar-refractivity contribution in [3.05, 3.63) is 53.6 Å². The zero-order valence-electron chi connectivity index (χ0n) is 17.0. The molecule has 1 atom stereocenters. The minimum Gasteiger partial charge on any atom is -0.493 e. The summed E-state index contributed by atoms with van der Waals surface area (Å²) in [6.45, 7) is 0. The van der Waals surface area contributed by atoms with Gasteiger partial charge in [-0.05, 0) is 23.8 Å². The molecule has 30 heavy (non-hydrogen) atoms. The summed E-state index contributed by atoms with van der Waals surface area (Å²) in [4.78, 5) is 0. The molecule has 0 saturated carbocycles. The van der Waals surface area contributed by atoms with Crippen LogP contribution in [0.15, 0.2) is 47.6 Å². The Kier molecular flexibility index (Phi) is 5.95. The van der Waals surface area contributed by atoms with Gasteiger partial charge in [-0.3, -0.25) is 4.72 Å². The van der Waals surface area contributed by atoms with Crippen LogP contribution >= 0.6 is 0 Å². The van der Waals surface area contributed by atoms with Gasteiger partial charge in [-0.15, -0.1) is 0 Å². The minimum atomic E-state index is -3.69. The van der Waals surface area contributed by atoms with Gasteiger partial charge in [0, 0.05) is 17.7 Å². The molecule has 0 saturated heterocycles. The summed E-state index contributed by atoms with van der Waals surface area (Å²) in [5.74, 6) is 0.916. The highest BCUT2D eigenvalue weighted by Gasteiger charge is 2.36. The molecule has 0 amide bonds. The molecule has 0 spiro atoms. The van der Waals surface area contributed by atoms with Crippen LogP contribution in [0.3, 0.4) is 0 Å². The van der Waals surface area contributed by atoms with E-state index in [1.807, 2.05) is 0 Å². The zero-order chi connectivity index (χ0) is 22.1. The number of nitrogens with one attached hydrogen (secondary N) is 1. The monoisotopic (exact) mass is 453 g/mol. The number of methoxy groups -OCH3 is 2. The van der Waals surface area contributed by atoms with E-state index in [1.165, 1.54) is 14.2 Å². The number of anilines is 1. The van der Waals surface area contributed by atoms with Crippen molar-refractivity contribution in [2.45, 2.75) is 12.5 Å². The van der Waals surface area contributed by atoms with Gasteiger partial charge in [0.1, 0.15) is 0 Å². The highest BCUT2D eigenvalue weighted by Crippen LogP contribution is 2.42. The number of para-hydroxylation sites is 1. The van der Waals surface area contributed by atoms with Crippen molar-refractivity contribution in [3.8, 4) is 11.5 Å². The van der Waals surface area contributed by atoms with Crippen LogP contribution < -0.4 is 14.2 Å². The Hall–Kier alpha value is -2.79. The first kappa shape index (κ1) is 21.9. The zero-order valence-corrected chi connectivity index (χ0v) is 18.6. The van der Waals surface area contributed by atoms with Crippen molar-refractivity contribution >= 4 is 31.4 Å². The number of benzene rings is 2. The third-order valence-corrected chi connectivity index (χ3v) is 6.13. The fourth-order valence-electron chi connectivity index (χ4n) is 3.35. The number of rotatable bonds is 7. The molecule has 1 unspecified atom stereocenters. The quantitative estimate of drug-likeness (QED) is 0.687. The van der Waals surface area contributed by atoms with Crippen LogP contribution in [0.25, 0.3) is 0 Å². The molecular formula is C19H23N3O6S2.